The van der Waals surface area contributed by atoms with E-state index in [1.807, 2.05) is 13.0 Å². The van der Waals surface area contributed by atoms with Crippen LogP contribution in [-0.2, 0) is 9.59 Å². The topological polar surface area (TPSA) is 86.7 Å². The van der Waals surface area contributed by atoms with Crippen LogP contribution in [0, 0.1) is 0 Å². The summed E-state index contributed by atoms with van der Waals surface area (Å²) in [6, 6.07) is 4.32. The van der Waals surface area contributed by atoms with Gasteiger partial charge in [-0.3, -0.25) is 19.7 Å². The Hall–Kier alpha value is -2.47. The quantitative estimate of drug-likeness (QED) is 0.649. The van der Waals surface area contributed by atoms with Gasteiger partial charge in [0.1, 0.15) is 6.04 Å². The fourth-order valence-electron chi connectivity index (χ4n) is 3.45. The summed E-state index contributed by atoms with van der Waals surface area (Å²) in [4.78, 5) is 37.7. The summed E-state index contributed by atoms with van der Waals surface area (Å²) in [6.07, 6.45) is 1.97. The standard InChI is InChI=1S/C18H20N2O4/c1-3-4-15(21)11-5-6-12-13(9-11)10(2)20(18(12)24)14-7-8-16(22)19-17(14)23/h3,5-6,9-10,14-15,21H,1,4,7-8H2,2H3,(H,19,22,23)/t10-,14+,15+/m1/s1. The largest absolute Gasteiger partial charge is 0.388 e. The highest BCUT2D eigenvalue weighted by Crippen LogP contribution is 2.38. The monoisotopic (exact) mass is 328 g/mol. The predicted octanol–water partition coefficient (Wildman–Crippen LogP) is 1.62. The number of amides is 3. The van der Waals surface area contributed by atoms with Crippen molar-refractivity contribution in [3.05, 3.63) is 47.5 Å². The lowest BCUT2D eigenvalue weighted by Gasteiger charge is -2.32. The average molecular weight is 328 g/mol. The molecule has 2 N–H and O–H groups in total. The van der Waals surface area contributed by atoms with E-state index in [1.54, 1.807) is 18.2 Å². The fraction of sp³-hybridized carbons (Fsp3) is 0.389. The highest BCUT2D eigenvalue weighted by atomic mass is 16.3. The van der Waals surface area contributed by atoms with E-state index >= 15 is 0 Å². The van der Waals surface area contributed by atoms with E-state index in [0.29, 0.717) is 18.4 Å². The number of aliphatic hydroxyl groups excluding tert-OH is 1. The highest BCUT2D eigenvalue weighted by molar-refractivity contribution is 6.05. The molecule has 126 valence electrons. The van der Waals surface area contributed by atoms with E-state index in [9.17, 15) is 19.5 Å². The Balaban J connectivity index is 1.90. The Labute approximate surface area is 140 Å². The summed E-state index contributed by atoms with van der Waals surface area (Å²) in [7, 11) is 0. The van der Waals surface area contributed by atoms with Crippen molar-refractivity contribution in [2.45, 2.75) is 44.4 Å². The average Bonchev–Trinajstić information content (AvgIpc) is 2.79. The van der Waals surface area contributed by atoms with Gasteiger partial charge in [0.15, 0.2) is 0 Å². The number of carbonyl (C=O) groups excluding carboxylic acids is 3. The zero-order valence-electron chi connectivity index (χ0n) is 13.5. The summed E-state index contributed by atoms with van der Waals surface area (Å²) in [5.41, 5.74) is 2.06. The van der Waals surface area contributed by atoms with Gasteiger partial charge in [0.05, 0.1) is 12.1 Å². The van der Waals surface area contributed by atoms with Crippen molar-refractivity contribution in [1.29, 1.82) is 0 Å². The number of benzene rings is 1. The van der Waals surface area contributed by atoms with Crippen molar-refractivity contribution >= 4 is 17.7 Å². The van der Waals surface area contributed by atoms with Crippen LogP contribution >= 0.6 is 0 Å². The molecule has 6 nitrogen and oxygen atoms in total. The number of nitrogens with zero attached hydrogens (tertiary/aromatic N) is 1. The van der Waals surface area contributed by atoms with Gasteiger partial charge in [-0.25, -0.2) is 0 Å². The fourth-order valence-corrected chi connectivity index (χ4v) is 3.45. The summed E-state index contributed by atoms with van der Waals surface area (Å²) < 4.78 is 0. The molecule has 0 aliphatic carbocycles. The van der Waals surface area contributed by atoms with Crippen LogP contribution in [0.15, 0.2) is 30.9 Å². The van der Waals surface area contributed by atoms with E-state index in [1.165, 1.54) is 4.90 Å². The minimum absolute atomic E-state index is 0.211. The molecule has 1 saturated heterocycles. The van der Waals surface area contributed by atoms with Crippen LogP contribution < -0.4 is 5.32 Å². The molecule has 1 aromatic carbocycles. The molecular formula is C18H20N2O4. The lowest BCUT2D eigenvalue weighted by molar-refractivity contribution is -0.137. The molecular weight excluding hydrogens is 308 g/mol. The van der Waals surface area contributed by atoms with Gasteiger partial charge in [0.25, 0.3) is 5.91 Å². The van der Waals surface area contributed by atoms with Gasteiger partial charge in [-0.2, -0.15) is 0 Å². The number of rotatable bonds is 4. The normalized spacial score (nSPS) is 24.6. The molecule has 0 radical (unpaired) electrons. The van der Waals surface area contributed by atoms with E-state index in [2.05, 4.69) is 11.9 Å². The number of imide groups is 1. The van der Waals surface area contributed by atoms with Crippen molar-refractivity contribution in [3.63, 3.8) is 0 Å². The van der Waals surface area contributed by atoms with Crippen LogP contribution in [0.1, 0.15) is 59.8 Å². The van der Waals surface area contributed by atoms with Crippen LogP contribution in [-0.4, -0.2) is 33.8 Å². The smallest absolute Gasteiger partial charge is 0.255 e. The number of aliphatic hydroxyl groups is 1. The number of hydrogen-bond acceptors (Lipinski definition) is 4. The molecule has 3 amide bonds. The number of fused-ring (bicyclic) bond motifs is 1. The number of nitrogens with one attached hydrogen (secondary N) is 1. The lowest BCUT2D eigenvalue weighted by atomic mass is 9.98. The molecule has 0 unspecified atom stereocenters. The number of piperidine rings is 1. The van der Waals surface area contributed by atoms with E-state index in [-0.39, 0.29) is 24.3 Å². The van der Waals surface area contributed by atoms with Crippen molar-refractivity contribution in [3.8, 4) is 0 Å². The molecule has 0 aromatic heterocycles. The lowest BCUT2D eigenvalue weighted by Crippen LogP contribution is -2.53. The van der Waals surface area contributed by atoms with Gasteiger partial charge in [0.2, 0.25) is 11.8 Å². The van der Waals surface area contributed by atoms with Gasteiger partial charge in [0, 0.05) is 12.0 Å². The van der Waals surface area contributed by atoms with Crippen LogP contribution in [0.2, 0.25) is 0 Å². The van der Waals surface area contributed by atoms with Crippen molar-refractivity contribution in [2.24, 2.45) is 0 Å². The Morgan fingerprint density at radius 1 is 1.42 bits per heavy atom. The van der Waals surface area contributed by atoms with Crippen molar-refractivity contribution in [1.82, 2.24) is 10.2 Å². The van der Waals surface area contributed by atoms with Crippen LogP contribution in [0.3, 0.4) is 0 Å². The highest BCUT2D eigenvalue weighted by Gasteiger charge is 2.43. The SMILES string of the molecule is C=CC[C@H](O)c1ccc2c(c1)[C@@H](C)N([C@H]1CCC(=O)NC1=O)C2=O. The molecule has 0 saturated carbocycles. The van der Waals surface area contributed by atoms with E-state index in [4.69, 9.17) is 0 Å². The molecule has 1 aromatic rings. The van der Waals surface area contributed by atoms with Crippen molar-refractivity contribution < 1.29 is 19.5 Å². The third-order valence-electron chi connectivity index (χ3n) is 4.73. The summed E-state index contributed by atoms with van der Waals surface area (Å²) in [5.74, 6) is -0.939. The van der Waals surface area contributed by atoms with E-state index < -0.39 is 18.1 Å². The van der Waals surface area contributed by atoms with Crippen molar-refractivity contribution in [2.75, 3.05) is 0 Å². The second-order valence-corrected chi connectivity index (χ2v) is 6.24. The Morgan fingerprint density at radius 3 is 2.83 bits per heavy atom. The van der Waals surface area contributed by atoms with Crippen LogP contribution in [0.5, 0.6) is 0 Å². The molecule has 0 spiro atoms. The summed E-state index contributed by atoms with van der Waals surface area (Å²) >= 11 is 0. The van der Waals surface area contributed by atoms with Crippen LogP contribution in [0.25, 0.3) is 0 Å². The maximum atomic E-state index is 12.7. The predicted molar refractivity (Wildman–Crippen MR) is 87.0 cm³/mol. The molecule has 3 atom stereocenters. The molecule has 2 aliphatic rings. The Kier molecular flexibility index (Phi) is 4.24. The molecule has 1 fully saturated rings. The first-order valence-electron chi connectivity index (χ1n) is 8.03. The molecule has 6 heteroatoms. The van der Waals surface area contributed by atoms with Crippen LogP contribution in [0.4, 0.5) is 0 Å². The van der Waals surface area contributed by atoms with Gasteiger partial charge >= 0.3 is 0 Å². The first-order chi connectivity index (χ1) is 11.4. The maximum absolute atomic E-state index is 12.7. The van der Waals surface area contributed by atoms with Gasteiger partial charge in [-0.15, -0.1) is 6.58 Å². The molecule has 2 aliphatic heterocycles. The number of hydrogen-bond donors (Lipinski definition) is 2. The second kappa shape index (κ2) is 6.20. The zero-order chi connectivity index (χ0) is 17.4. The molecule has 2 heterocycles. The van der Waals surface area contributed by atoms with E-state index in [0.717, 1.165) is 11.1 Å². The first kappa shape index (κ1) is 16.4. The zero-order valence-corrected chi connectivity index (χ0v) is 13.5. The third-order valence-corrected chi connectivity index (χ3v) is 4.73. The molecule has 0 bridgehead atoms. The van der Waals surface area contributed by atoms with Gasteiger partial charge < -0.3 is 10.0 Å². The summed E-state index contributed by atoms with van der Waals surface area (Å²) in [5, 5.41) is 12.4. The Bertz CT molecular complexity index is 728. The third kappa shape index (κ3) is 2.63. The van der Waals surface area contributed by atoms with Gasteiger partial charge in [-0.1, -0.05) is 18.2 Å². The minimum atomic E-state index is -0.667. The molecule has 24 heavy (non-hydrogen) atoms. The summed E-state index contributed by atoms with van der Waals surface area (Å²) in [6.45, 7) is 5.48. The van der Waals surface area contributed by atoms with Gasteiger partial charge in [-0.05, 0) is 37.0 Å². The minimum Gasteiger partial charge on any atom is -0.388 e. The Morgan fingerprint density at radius 2 is 2.17 bits per heavy atom. The first-order valence-corrected chi connectivity index (χ1v) is 8.03. The second-order valence-electron chi connectivity index (χ2n) is 6.24. The number of carbonyl (C=O) groups is 3. The molecule has 3 rings (SSSR count). The maximum Gasteiger partial charge on any atom is 0.255 e.